The Hall–Kier alpha value is -8.43. The monoisotopic (exact) mass is 1290 g/mol. The number of likely N-dealkylation sites (tertiary alicyclic amines) is 1. The molecular formula is C63H88FN13O15. The van der Waals surface area contributed by atoms with Crippen molar-refractivity contribution in [1.82, 2.24) is 60.6 Å². The number of pyridine rings is 1. The van der Waals surface area contributed by atoms with Crippen molar-refractivity contribution in [2.24, 2.45) is 0 Å². The lowest BCUT2D eigenvalue weighted by Crippen LogP contribution is -2.58. The molecular weight excluding hydrogens is 1200 g/mol. The number of aromatic nitrogens is 1. The molecule has 4 heterocycles. The number of aryl methyl sites for hydroxylation is 2. The Balaban J connectivity index is 1.05. The lowest BCUT2D eigenvalue weighted by Gasteiger charge is -2.36. The Kier molecular flexibility index (Phi) is 29.8. The van der Waals surface area contributed by atoms with Gasteiger partial charge in [-0.05, 0) is 82.2 Å². The number of nitrogens with zero attached hydrogens (tertiary/aromatic N) is 9. The molecule has 0 bridgehead atoms. The average molecular weight is 1290 g/mol. The molecule has 0 saturated carbocycles. The van der Waals surface area contributed by atoms with Crippen molar-refractivity contribution < 1.29 is 76.4 Å². The van der Waals surface area contributed by atoms with Crippen molar-refractivity contribution in [1.29, 1.82) is 5.26 Å². The number of carboxylic acid groups (broad SMARTS) is 1. The van der Waals surface area contributed by atoms with Crippen molar-refractivity contribution in [2.45, 2.75) is 95.4 Å². The second-order valence-corrected chi connectivity index (χ2v) is 23.5. The van der Waals surface area contributed by atoms with Crippen LogP contribution in [0.5, 0.6) is 5.75 Å². The molecule has 502 valence electrons. The molecule has 29 heteroatoms. The molecule has 6 amide bonds. The van der Waals surface area contributed by atoms with Gasteiger partial charge in [0.15, 0.2) is 0 Å². The Labute approximate surface area is 535 Å². The number of esters is 1. The number of unbranched alkanes of at least 4 members (excludes halogenated alkanes) is 1. The van der Waals surface area contributed by atoms with Crippen LogP contribution in [0.4, 0.5) is 4.39 Å². The zero-order valence-electron chi connectivity index (χ0n) is 52.9. The molecule has 5 N–H and O–H groups in total. The number of carbonyl (C=O) groups excluding carboxylic acids is 9. The number of benzene rings is 2. The normalized spacial score (nSPS) is 18.8. The number of halogens is 1. The van der Waals surface area contributed by atoms with Crippen LogP contribution in [0.2, 0.25) is 0 Å². The number of amides is 6. The van der Waals surface area contributed by atoms with Crippen LogP contribution in [-0.2, 0) is 63.8 Å². The predicted octanol–water partition coefficient (Wildman–Crippen LogP) is 0.448. The van der Waals surface area contributed by atoms with Gasteiger partial charge in [0.1, 0.15) is 43.0 Å². The van der Waals surface area contributed by atoms with E-state index in [0.29, 0.717) is 121 Å². The summed E-state index contributed by atoms with van der Waals surface area (Å²) in [7, 11) is 1.17. The Morgan fingerprint density at radius 3 is 2.04 bits per heavy atom. The summed E-state index contributed by atoms with van der Waals surface area (Å²) in [6.07, 6.45) is 4.05. The smallest absolute Gasteiger partial charge is 0.317 e. The van der Waals surface area contributed by atoms with Gasteiger partial charge in [0.2, 0.25) is 29.5 Å². The number of aliphatic carboxylic acids is 1. The molecule has 3 fully saturated rings. The van der Waals surface area contributed by atoms with E-state index >= 15 is 0 Å². The molecule has 2 unspecified atom stereocenters. The van der Waals surface area contributed by atoms with E-state index in [0.717, 1.165) is 22.4 Å². The molecule has 0 aliphatic carbocycles. The summed E-state index contributed by atoms with van der Waals surface area (Å²) >= 11 is 0. The van der Waals surface area contributed by atoms with Gasteiger partial charge in [0.25, 0.3) is 18.9 Å². The molecule has 6 rings (SSSR count). The second kappa shape index (κ2) is 37.8. The van der Waals surface area contributed by atoms with Crippen LogP contribution in [0.1, 0.15) is 79.8 Å². The molecule has 1 aromatic heterocycles. The van der Waals surface area contributed by atoms with E-state index in [1.165, 1.54) is 26.3 Å². The van der Waals surface area contributed by atoms with E-state index in [1.54, 1.807) is 32.9 Å². The van der Waals surface area contributed by atoms with Gasteiger partial charge in [-0.15, -0.1) is 0 Å². The number of methoxy groups -OCH3 is 1. The van der Waals surface area contributed by atoms with Gasteiger partial charge in [-0.3, -0.25) is 77.4 Å². The van der Waals surface area contributed by atoms with Gasteiger partial charge in [-0.1, -0.05) is 29.8 Å². The molecule has 0 radical (unpaired) electrons. The minimum Gasteiger partial charge on any atom is -0.494 e. The SMILES string of the molecule is COC(=O)CC(NC(=O)[C@H](CCCCNC(=O)CCCc1ccc(C)cc1)NC(=O)CN1CCN(COC=O)CCN(COC=O)CCN(CC(=O)O)CC1)C(=O)N1CCN(CCCOc2ccc3nccc(C(=O)NCC(=O)N4CC(C)(F)C[C@@H]4C#N)c3c2)CC1. The number of fused-ring (bicyclic) bond motifs is 1. The van der Waals surface area contributed by atoms with Crippen LogP contribution in [0.3, 0.4) is 0 Å². The van der Waals surface area contributed by atoms with E-state index in [9.17, 15) is 62.7 Å². The van der Waals surface area contributed by atoms with Crippen molar-refractivity contribution >= 4 is 71.2 Å². The fourth-order valence-corrected chi connectivity index (χ4v) is 11.1. The molecule has 3 aromatic rings. The molecule has 3 aliphatic heterocycles. The number of piperazine rings is 1. The number of rotatable bonds is 33. The lowest BCUT2D eigenvalue weighted by atomic mass is 10.1. The van der Waals surface area contributed by atoms with Crippen LogP contribution < -0.4 is 26.0 Å². The van der Waals surface area contributed by atoms with Crippen LogP contribution in [0.25, 0.3) is 10.9 Å². The maximum atomic E-state index is 14.6. The van der Waals surface area contributed by atoms with Gasteiger partial charge in [-0.25, -0.2) is 4.39 Å². The van der Waals surface area contributed by atoms with Gasteiger partial charge in [0, 0.05) is 116 Å². The van der Waals surface area contributed by atoms with Crippen LogP contribution in [0.15, 0.2) is 54.7 Å². The number of nitriles is 1. The minimum atomic E-state index is -1.70. The zero-order chi connectivity index (χ0) is 66.4. The number of hydrogen-bond acceptors (Lipinski definition) is 21. The summed E-state index contributed by atoms with van der Waals surface area (Å²) in [6, 6.07) is 13.2. The minimum absolute atomic E-state index is 0.0398. The van der Waals surface area contributed by atoms with Crippen molar-refractivity contribution in [3.63, 3.8) is 0 Å². The molecule has 4 atom stereocenters. The quantitative estimate of drug-likeness (QED) is 0.0239. The number of alkyl halides is 1. The fourth-order valence-electron chi connectivity index (χ4n) is 11.1. The summed E-state index contributed by atoms with van der Waals surface area (Å²) in [5.41, 5.74) is 1.33. The van der Waals surface area contributed by atoms with Gasteiger partial charge >= 0.3 is 11.9 Å². The summed E-state index contributed by atoms with van der Waals surface area (Å²) in [4.78, 5) is 146. The molecule has 3 aliphatic rings. The topological polar surface area (TPSA) is 335 Å². The van der Waals surface area contributed by atoms with Crippen LogP contribution in [-0.4, -0.2) is 273 Å². The van der Waals surface area contributed by atoms with E-state index in [4.69, 9.17) is 18.9 Å². The third-order valence-corrected chi connectivity index (χ3v) is 16.3. The maximum absolute atomic E-state index is 14.6. The van der Waals surface area contributed by atoms with Crippen molar-refractivity contribution in [3.8, 4) is 11.8 Å². The lowest BCUT2D eigenvalue weighted by molar-refractivity contribution is -0.147. The highest BCUT2D eigenvalue weighted by molar-refractivity contribution is 6.07. The number of ether oxygens (including phenoxy) is 4. The Morgan fingerprint density at radius 2 is 1.41 bits per heavy atom. The fraction of sp³-hybridized carbons (Fsp3) is 0.587. The van der Waals surface area contributed by atoms with Crippen LogP contribution in [0, 0.1) is 18.3 Å². The van der Waals surface area contributed by atoms with E-state index in [1.807, 2.05) is 47.1 Å². The number of nitrogens with one attached hydrogen (secondary N) is 4. The van der Waals surface area contributed by atoms with Gasteiger partial charge in [0.05, 0.1) is 63.5 Å². The first-order valence-corrected chi connectivity index (χ1v) is 31.2. The molecule has 3 saturated heterocycles. The highest BCUT2D eigenvalue weighted by Crippen LogP contribution is 2.30. The standard InChI is InChI=1S/C63H88FN13O15/c1-46-11-13-47(14-12-46)8-6-10-55(80)67-18-5-4-9-53(69-56(81)39-72-21-22-73(40-58(83)84)24-26-75(43-91-45-79)28-27-74(25-23-72)42-90-44-78)61(87)70-54(35-59(85)89-3)62(88)76-31-29-71(30-32-76)20-7-33-92-49-15-16-52-51(34-49)50(17-19-66-52)60(86)68-38-57(82)77-41-63(2,64)36-48(77)37-65/h11-17,19,34,44-45,48,53-54H,4-10,18,20-33,35-36,38-43H2,1-3H3,(H,67,80)(H,68,86)(H,69,81)(H,70,87)(H,83,84)/t48-,53+,54?,63?/m1/s1. The largest absolute Gasteiger partial charge is 0.494 e. The van der Waals surface area contributed by atoms with Gasteiger partial charge < -0.3 is 55.1 Å². The number of hydrogen-bond donors (Lipinski definition) is 5. The molecule has 0 spiro atoms. The summed E-state index contributed by atoms with van der Waals surface area (Å²) < 4.78 is 35.8. The molecule has 92 heavy (non-hydrogen) atoms. The van der Waals surface area contributed by atoms with E-state index < -0.39 is 78.2 Å². The van der Waals surface area contributed by atoms with Crippen LogP contribution >= 0.6 is 0 Å². The highest BCUT2D eigenvalue weighted by Gasteiger charge is 2.43. The average Bonchev–Trinajstić information content (AvgIpc) is 1.30. The summed E-state index contributed by atoms with van der Waals surface area (Å²) in [5, 5.41) is 30.8. The summed E-state index contributed by atoms with van der Waals surface area (Å²) in [6.45, 7) is 7.58. The first-order chi connectivity index (χ1) is 44.3. The Bertz CT molecular complexity index is 3000. The second-order valence-electron chi connectivity index (χ2n) is 23.5. The first-order valence-electron chi connectivity index (χ1n) is 31.2. The van der Waals surface area contributed by atoms with Gasteiger partial charge in [-0.2, -0.15) is 5.26 Å². The molecule has 28 nitrogen and oxygen atoms in total. The van der Waals surface area contributed by atoms with Crippen molar-refractivity contribution in [2.75, 3.05) is 145 Å². The maximum Gasteiger partial charge on any atom is 0.317 e. The molecule has 2 aromatic carbocycles. The van der Waals surface area contributed by atoms with Crippen molar-refractivity contribution in [3.05, 3.63) is 71.4 Å². The highest BCUT2D eigenvalue weighted by atomic mass is 19.1. The number of carbonyl (C=O) groups is 10. The number of carboxylic acids is 1. The first kappa shape index (κ1) is 72.6. The zero-order valence-corrected chi connectivity index (χ0v) is 52.9. The predicted molar refractivity (Wildman–Crippen MR) is 332 cm³/mol. The third-order valence-electron chi connectivity index (χ3n) is 16.3. The third kappa shape index (κ3) is 24.6. The van der Waals surface area contributed by atoms with E-state index in [2.05, 4.69) is 31.2 Å². The summed E-state index contributed by atoms with van der Waals surface area (Å²) in [5.74, 6) is -4.42. The Morgan fingerprint density at radius 1 is 0.772 bits per heavy atom. The van der Waals surface area contributed by atoms with E-state index in [-0.39, 0.29) is 96.7 Å².